The molecule has 0 saturated carbocycles. The standard InChI is InChI=1S/C10H9NO3S/c12-15(13,10-7-4-8-11-10)14-9-5-2-1-3-6-9/h1-8,11H. The summed E-state index contributed by atoms with van der Waals surface area (Å²) in [5, 5.41) is 0.0475. The van der Waals surface area contributed by atoms with Gasteiger partial charge in [0.2, 0.25) is 0 Å². The molecule has 2 rings (SSSR count). The van der Waals surface area contributed by atoms with E-state index in [-0.39, 0.29) is 5.03 Å². The Morgan fingerprint density at radius 1 is 1.00 bits per heavy atom. The number of nitrogens with one attached hydrogen (secondary N) is 1. The number of para-hydroxylation sites is 1. The van der Waals surface area contributed by atoms with E-state index in [9.17, 15) is 8.42 Å². The lowest BCUT2D eigenvalue weighted by molar-refractivity contribution is 0.483. The van der Waals surface area contributed by atoms with Crippen LogP contribution < -0.4 is 4.18 Å². The summed E-state index contributed by atoms with van der Waals surface area (Å²) < 4.78 is 28.1. The molecule has 78 valence electrons. The predicted octanol–water partition coefficient (Wildman–Crippen LogP) is 1.78. The van der Waals surface area contributed by atoms with Gasteiger partial charge in [0.25, 0.3) is 0 Å². The molecule has 0 aliphatic rings. The molecule has 2 aromatic rings. The minimum atomic E-state index is -3.73. The molecule has 0 bridgehead atoms. The Morgan fingerprint density at radius 3 is 2.33 bits per heavy atom. The van der Waals surface area contributed by atoms with Crippen molar-refractivity contribution in [3.63, 3.8) is 0 Å². The third kappa shape index (κ3) is 2.19. The van der Waals surface area contributed by atoms with Crippen molar-refractivity contribution in [1.82, 2.24) is 4.98 Å². The Bertz CT molecular complexity index is 517. The van der Waals surface area contributed by atoms with Crippen LogP contribution in [0.25, 0.3) is 0 Å². The second-order valence-electron chi connectivity index (χ2n) is 2.88. The van der Waals surface area contributed by atoms with Crippen molar-refractivity contribution in [1.29, 1.82) is 0 Å². The van der Waals surface area contributed by atoms with Crippen LogP contribution in [0.5, 0.6) is 5.75 Å². The highest BCUT2D eigenvalue weighted by Gasteiger charge is 2.16. The van der Waals surface area contributed by atoms with Crippen LogP contribution in [0.4, 0.5) is 0 Å². The van der Waals surface area contributed by atoms with Gasteiger partial charge in [-0.2, -0.15) is 8.42 Å². The molecule has 1 aromatic heterocycles. The number of aromatic nitrogens is 1. The molecule has 1 N–H and O–H groups in total. The molecule has 1 aromatic carbocycles. The molecule has 1 heterocycles. The highest BCUT2D eigenvalue weighted by molar-refractivity contribution is 7.87. The normalized spacial score (nSPS) is 11.2. The van der Waals surface area contributed by atoms with Gasteiger partial charge < -0.3 is 9.17 Å². The Balaban J connectivity index is 2.27. The van der Waals surface area contributed by atoms with Crippen LogP contribution in [-0.2, 0) is 10.1 Å². The van der Waals surface area contributed by atoms with Gasteiger partial charge in [0.05, 0.1) is 0 Å². The quantitative estimate of drug-likeness (QED) is 0.807. The van der Waals surface area contributed by atoms with Crippen LogP contribution in [0, 0.1) is 0 Å². The Kier molecular flexibility index (Phi) is 2.47. The lowest BCUT2D eigenvalue weighted by Crippen LogP contribution is -2.09. The third-order valence-electron chi connectivity index (χ3n) is 1.79. The minimum Gasteiger partial charge on any atom is -0.378 e. The maximum absolute atomic E-state index is 11.6. The van der Waals surface area contributed by atoms with Crippen LogP contribution in [-0.4, -0.2) is 13.4 Å². The third-order valence-corrected chi connectivity index (χ3v) is 2.99. The van der Waals surface area contributed by atoms with Crippen molar-refractivity contribution in [2.45, 2.75) is 5.03 Å². The van der Waals surface area contributed by atoms with Gasteiger partial charge in [0, 0.05) is 6.20 Å². The number of aromatic amines is 1. The van der Waals surface area contributed by atoms with Gasteiger partial charge in [-0.25, -0.2) is 0 Å². The predicted molar refractivity (Wildman–Crippen MR) is 55.0 cm³/mol. The van der Waals surface area contributed by atoms with Crippen LogP contribution >= 0.6 is 0 Å². The first-order chi connectivity index (χ1) is 7.18. The Morgan fingerprint density at radius 2 is 1.73 bits per heavy atom. The molecule has 5 heteroatoms. The molecule has 0 spiro atoms. The molecule has 0 fully saturated rings. The van der Waals surface area contributed by atoms with E-state index in [2.05, 4.69) is 4.98 Å². The van der Waals surface area contributed by atoms with Crippen molar-refractivity contribution in [2.75, 3.05) is 0 Å². The summed E-state index contributed by atoms with van der Waals surface area (Å²) in [5.74, 6) is 0.298. The van der Waals surface area contributed by atoms with E-state index in [4.69, 9.17) is 4.18 Å². The molecule has 0 saturated heterocycles. The SMILES string of the molecule is O=S(=O)(Oc1ccccc1)c1ccc[nH]1. The molecule has 0 aliphatic carbocycles. The van der Waals surface area contributed by atoms with E-state index in [0.717, 1.165) is 0 Å². The van der Waals surface area contributed by atoms with Crippen LogP contribution in [0.3, 0.4) is 0 Å². The second-order valence-corrected chi connectivity index (χ2v) is 4.40. The molecule has 0 amide bonds. The summed E-state index contributed by atoms with van der Waals surface area (Å²) in [6.07, 6.45) is 1.53. The first-order valence-electron chi connectivity index (χ1n) is 4.31. The smallest absolute Gasteiger partial charge is 0.354 e. The fourth-order valence-corrected chi connectivity index (χ4v) is 2.03. The minimum absolute atomic E-state index is 0.0475. The second kappa shape index (κ2) is 3.78. The maximum Gasteiger partial charge on any atom is 0.354 e. The van der Waals surface area contributed by atoms with Crippen LogP contribution in [0.2, 0.25) is 0 Å². The van der Waals surface area contributed by atoms with Gasteiger partial charge >= 0.3 is 10.1 Å². The van der Waals surface area contributed by atoms with Gasteiger partial charge in [-0.1, -0.05) is 18.2 Å². The molecule has 0 atom stereocenters. The summed E-state index contributed by atoms with van der Waals surface area (Å²) >= 11 is 0. The summed E-state index contributed by atoms with van der Waals surface area (Å²) in [6, 6.07) is 11.4. The highest BCUT2D eigenvalue weighted by Crippen LogP contribution is 2.16. The van der Waals surface area contributed by atoms with E-state index in [1.54, 1.807) is 36.4 Å². The molecule has 15 heavy (non-hydrogen) atoms. The molecule has 0 unspecified atom stereocenters. The Labute approximate surface area is 87.6 Å². The topological polar surface area (TPSA) is 59.2 Å². The van der Waals surface area contributed by atoms with Gasteiger partial charge in [0.1, 0.15) is 5.75 Å². The molecule has 4 nitrogen and oxygen atoms in total. The molecule has 0 radical (unpaired) electrons. The number of hydrogen-bond acceptors (Lipinski definition) is 3. The lowest BCUT2D eigenvalue weighted by Gasteiger charge is -2.04. The maximum atomic E-state index is 11.6. The lowest BCUT2D eigenvalue weighted by atomic mass is 10.3. The summed E-state index contributed by atoms with van der Waals surface area (Å²) in [7, 11) is -3.73. The van der Waals surface area contributed by atoms with Gasteiger partial charge in [-0.05, 0) is 24.3 Å². The van der Waals surface area contributed by atoms with Crippen molar-refractivity contribution in [2.24, 2.45) is 0 Å². The Hall–Kier alpha value is -1.75. The summed E-state index contributed by atoms with van der Waals surface area (Å²) in [4.78, 5) is 2.58. The average Bonchev–Trinajstić information content (AvgIpc) is 2.71. The average molecular weight is 223 g/mol. The van der Waals surface area contributed by atoms with Gasteiger partial charge in [0.15, 0.2) is 5.03 Å². The van der Waals surface area contributed by atoms with Crippen LogP contribution in [0.15, 0.2) is 53.7 Å². The van der Waals surface area contributed by atoms with Gasteiger partial charge in [-0.3, -0.25) is 0 Å². The number of benzene rings is 1. The van der Waals surface area contributed by atoms with Crippen molar-refractivity contribution in [3.05, 3.63) is 48.7 Å². The van der Waals surface area contributed by atoms with Crippen LogP contribution in [0.1, 0.15) is 0 Å². The van der Waals surface area contributed by atoms with E-state index in [1.165, 1.54) is 12.3 Å². The monoisotopic (exact) mass is 223 g/mol. The van der Waals surface area contributed by atoms with Crippen molar-refractivity contribution < 1.29 is 12.6 Å². The zero-order valence-corrected chi connectivity index (χ0v) is 8.57. The van der Waals surface area contributed by atoms with E-state index in [1.807, 2.05) is 0 Å². The zero-order chi connectivity index (χ0) is 10.7. The summed E-state index contributed by atoms with van der Waals surface area (Å²) in [5.41, 5.74) is 0. The number of H-pyrrole nitrogens is 1. The molecular formula is C10H9NO3S. The number of rotatable bonds is 3. The molecule has 0 aliphatic heterocycles. The van der Waals surface area contributed by atoms with Gasteiger partial charge in [-0.15, -0.1) is 0 Å². The zero-order valence-electron chi connectivity index (χ0n) is 7.75. The fourth-order valence-electron chi connectivity index (χ4n) is 1.12. The first-order valence-corrected chi connectivity index (χ1v) is 5.72. The molecular weight excluding hydrogens is 214 g/mol. The number of hydrogen-bond donors (Lipinski definition) is 1. The largest absolute Gasteiger partial charge is 0.378 e. The van der Waals surface area contributed by atoms with Crippen molar-refractivity contribution in [3.8, 4) is 5.75 Å². The van der Waals surface area contributed by atoms with E-state index >= 15 is 0 Å². The van der Waals surface area contributed by atoms with E-state index in [0.29, 0.717) is 5.75 Å². The van der Waals surface area contributed by atoms with Crippen molar-refractivity contribution >= 4 is 10.1 Å². The van der Waals surface area contributed by atoms with E-state index < -0.39 is 10.1 Å². The first kappa shape index (κ1) is 9.79. The fraction of sp³-hybridized carbons (Fsp3) is 0. The highest BCUT2D eigenvalue weighted by atomic mass is 32.2. The summed E-state index contributed by atoms with van der Waals surface area (Å²) in [6.45, 7) is 0.